The summed E-state index contributed by atoms with van der Waals surface area (Å²) in [6.07, 6.45) is 3.06. The number of hydrogen-bond acceptors (Lipinski definition) is 5. The lowest BCUT2D eigenvalue weighted by molar-refractivity contribution is -0.383. The minimum absolute atomic E-state index is 0.00467. The number of carbonyl (C=O) groups is 1. The normalized spacial score (nSPS) is 13.7. The van der Waals surface area contributed by atoms with Gasteiger partial charge in [0.1, 0.15) is 0 Å². The van der Waals surface area contributed by atoms with E-state index in [1.54, 1.807) is 6.07 Å². The van der Waals surface area contributed by atoms with E-state index in [0.717, 1.165) is 36.2 Å². The Morgan fingerprint density at radius 1 is 1.21 bits per heavy atom. The van der Waals surface area contributed by atoms with Gasteiger partial charge in [0.05, 0.1) is 4.92 Å². The standard InChI is InChI=1S/C22H22N4O3/c1-14-11-19(18-9-4-10-20(26(28)29)21(18)24-14)23-13-15-5-2-8-17(12-15)25-22(27)16-6-3-7-16/h2,4-5,8-12,16H,3,6-7,13H2,1H3,(H,23,24)(H,25,27). The monoisotopic (exact) mass is 390 g/mol. The van der Waals surface area contributed by atoms with Crippen LogP contribution in [0.5, 0.6) is 0 Å². The van der Waals surface area contributed by atoms with Gasteiger partial charge >= 0.3 is 0 Å². The number of rotatable bonds is 6. The van der Waals surface area contributed by atoms with Gasteiger partial charge in [0.25, 0.3) is 5.69 Å². The highest BCUT2D eigenvalue weighted by Gasteiger charge is 2.25. The average Bonchev–Trinajstić information content (AvgIpc) is 2.64. The molecule has 1 amide bonds. The third kappa shape index (κ3) is 4.03. The topological polar surface area (TPSA) is 97.2 Å². The van der Waals surface area contributed by atoms with Crippen LogP contribution >= 0.6 is 0 Å². The Morgan fingerprint density at radius 2 is 2.00 bits per heavy atom. The first-order chi connectivity index (χ1) is 14.0. The Balaban J connectivity index is 1.54. The zero-order valence-corrected chi connectivity index (χ0v) is 16.1. The number of para-hydroxylation sites is 1. The number of aromatic nitrogens is 1. The smallest absolute Gasteiger partial charge is 0.295 e. The molecule has 7 heteroatoms. The fourth-order valence-electron chi connectivity index (χ4n) is 3.53. The predicted molar refractivity (Wildman–Crippen MR) is 113 cm³/mol. The molecule has 3 aromatic rings. The molecule has 0 saturated heterocycles. The molecule has 2 N–H and O–H groups in total. The highest BCUT2D eigenvalue weighted by molar-refractivity contribution is 5.96. The van der Waals surface area contributed by atoms with E-state index in [1.165, 1.54) is 6.07 Å². The molecule has 1 aliphatic rings. The summed E-state index contributed by atoms with van der Waals surface area (Å²) in [5, 5.41) is 18.4. The van der Waals surface area contributed by atoms with Gasteiger partial charge in [0.2, 0.25) is 5.91 Å². The summed E-state index contributed by atoms with van der Waals surface area (Å²) < 4.78 is 0. The molecule has 1 saturated carbocycles. The molecule has 1 heterocycles. The summed E-state index contributed by atoms with van der Waals surface area (Å²) in [4.78, 5) is 27.4. The van der Waals surface area contributed by atoms with Crippen LogP contribution in [0.3, 0.4) is 0 Å². The van der Waals surface area contributed by atoms with Gasteiger partial charge < -0.3 is 10.6 Å². The Morgan fingerprint density at radius 3 is 2.72 bits per heavy atom. The van der Waals surface area contributed by atoms with Crippen molar-refractivity contribution in [1.29, 1.82) is 0 Å². The van der Waals surface area contributed by atoms with Crippen molar-refractivity contribution in [1.82, 2.24) is 4.98 Å². The van der Waals surface area contributed by atoms with Gasteiger partial charge in [0.15, 0.2) is 5.52 Å². The Labute approximate surface area is 168 Å². The molecule has 0 bridgehead atoms. The minimum Gasteiger partial charge on any atom is -0.380 e. The highest BCUT2D eigenvalue weighted by Crippen LogP contribution is 2.30. The number of nitrogens with zero attached hydrogens (tertiary/aromatic N) is 2. The number of fused-ring (bicyclic) bond motifs is 1. The molecule has 29 heavy (non-hydrogen) atoms. The number of amides is 1. The number of hydrogen-bond donors (Lipinski definition) is 2. The third-order valence-electron chi connectivity index (χ3n) is 5.30. The maximum absolute atomic E-state index is 12.2. The SMILES string of the molecule is Cc1cc(NCc2cccc(NC(=O)C3CCC3)c2)c2cccc([N+](=O)[O-])c2n1. The van der Waals surface area contributed by atoms with Crippen LogP contribution in [-0.2, 0) is 11.3 Å². The van der Waals surface area contributed by atoms with Crippen molar-refractivity contribution in [2.75, 3.05) is 10.6 Å². The zero-order chi connectivity index (χ0) is 20.4. The summed E-state index contributed by atoms with van der Waals surface area (Å²) >= 11 is 0. The average molecular weight is 390 g/mol. The molecule has 0 radical (unpaired) electrons. The van der Waals surface area contributed by atoms with Crippen molar-refractivity contribution in [2.24, 2.45) is 5.92 Å². The van der Waals surface area contributed by atoms with Crippen molar-refractivity contribution in [3.05, 3.63) is 69.9 Å². The second-order valence-electron chi connectivity index (χ2n) is 7.41. The van der Waals surface area contributed by atoms with Crippen LogP contribution in [0.1, 0.15) is 30.5 Å². The van der Waals surface area contributed by atoms with Crippen molar-refractivity contribution in [3.8, 4) is 0 Å². The van der Waals surface area contributed by atoms with Gasteiger partial charge in [-0.05, 0) is 43.5 Å². The van der Waals surface area contributed by atoms with Crippen LogP contribution in [-0.4, -0.2) is 15.8 Å². The Hall–Kier alpha value is -3.48. The van der Waals surface area contributed by atoms with Crippen molar-refractivity contribution >= 4 is 33.9 Å². The molecular weight excluding hydrogens is 368 g/mol. The van der Waals surface area contributed by atoms with Crippen LogP contribution < -0.4 is 10.6 Å². The molecule has 0 atom stereocenters. The fraction of sp³-hybridized carbons (Fsp3) is 0.273. The van der Waals surface area contributed by atoms with Crippen LogP contribution in [0, 0.1) is 23.0 Å². The van der Waals surface area contributed by atoms with E-state index >= 15 is 0 Å². The second kappa shape index (κ2) is 7.87. The number of nitro benzene ring substituents is 1. The minimum atomic E-state index is -0.410. The number of benzene rings is 2. The number of carbonyl (C=O) groups excluding carboxylic acids is 1. The highest BCUT2D eigenvalue weighted by atomic mass is 16.6. The Kier molecular flexibility index (Phi) is 5.12. The lowest BCUT2D eigenvalue weighted by Gasteiger charge is -2.24. The quantitative estimate of drug-likeness (QED) is 0.465. The molecule has 0 spiro atoms. The van der Waals surface area contributed by atoms with Gasteiger partial charge in [-0.3, -0.25) is 14.9 Å². The molecule has 4 rings (SSSR count). The first kappa shape index (κ1) is 18.9. The molecule has 0 unspecified atom stereocenters. The van der Waals surface area contributed by atoms with E-state index in [-0.39, 0.29) is 17.5 Å². The second-order valence-corrected chi connectivity index (χ2v) is 7.41. The van der Waals surface area contributed by atoms with Gasteiger partial charge in [-0.1, -0.05) is 30.7 Å². The number of non-ortho nitro benzene ring substituents is 1. The summed E-state index contributed by atoms with van der Waals surface area (Å²) in [6, 6.07) is 14.6. The molecule has 7 nitrogen and oxygen atoms in total. The lowest BCUT2D eigenvalue weighted by atomic mass is 9.85. The summed E-state index contributed by atoms with van der Waals surface area (Å²) in [5.74, 6) is 0.225. The molecular formula is C22H22N4O3. The first-order valence-electron chi connectivity index (χ1n) is 9.70. The van der Waals surface area contributed by atoms with E-state index in [1.807, 2.05) is 43.3 Å². The maximum atomic E-state index is 12.2. The van der Waals surface area contributed by atoms with E-state index in [9.17, 15) is 14.9 Å². The number of pyridine rings is 1. The van der Waals surface area contributed by atoms with Crippen LogP contribution in [0.2, 0.25) is 0 Å². The molecule has 1 aliphatic carbocycles. The summed E-state index contributed by atoms with van der Waals surface area (Å²) in [6.45, 7) is 2.34. The van der Waals surface area contributed by atoms with Gasteiger partial charge in [0, 0.05) is 41.0 Å². The fourth-order valence-corrected chi connectivity index (χ4v) is 3.53. The largest absolute Gasteiger partial charge is 0.380 e. The van der Waals surface area contributed by atoms with Gasteiger partial charge in [-0.15, -0.1) is 0 Å². The predicted octanol–water partition coefficient (Wildman–Crippen LogP) is 4.80. The van der Waals surface area contributed by atoms with Crippen molar-refractivity contribution in [2.45, 2.75) is 32.7 Å². The van der Waals surface area contributed by atoms with Crippen molar-refractivity contribution in [3.63, 3.8) is 0 Å². The van der Waals surface area contributed by atoms with E-state index in [0.29, 0.717) is 23.1 Å². The van der Waals surface area contributed by atoms with Crippen LogP contribution in [0.25, 0.3) is 10.9 Å². The van der Waals surface area contributed by atoms with E-state index in [4.69, 9.17) is 0 Å². The maximum Gasteiger partial charge on any atom is 0.295 e. The molecule has 0 aliphatic heterocycles. The molecule has 2 aromatic carbocycles. The Bertz CT molecular complexity index is 1090. The number of aryl methyl sites for hydroxylation is 1. The molecule has 1 aromatic heterocycles. The lowest BCUT2D eigenvalue weighted by Crippen LogP contribution is -2.28. The number of nitrogens with one attached hydrogen (secondary N) is 2. The number of anilines is 2. The first-order valence-corrected chi connectivity index (χ1v) is 9.70. The molecule has 1 fully saturated rings. The number of nitro groups is 1. The van der Waals surface area contributed by atoms with E-state index < -0.39 is 4.92 Å². The summed E-state index contributed by atoms with van der Waals surface area (Å²) in [5.41, 5.74) is 3.66. The van der Waals surface area contributed by atoms with Crippen LogP contribution in [0.15, 0.2) is 48.5 Å². The van der Waals surface area contributed by atoms with E-state index in [2.05, 4.69) is 15.6 Å². The molecule has 148 valence electrons. The van der Waals surface area contributed by atoms with Crippen molar-refractivity contribution < 1.29 is 9.72 Å². The summed E-state index contributed by atoms with van der Waals surface area (Å²) in [7, 11) is 0. The van der Waals surface area contributed by atoms with Crippen LogP contribution in [0.4, 0.5) is 17.1 Å². The third-order valence-corrected chi connectivity index (χ3v) is 5.30. The zero-order valence-electron chi connectivity index (χ0n) is 16.1. The van der Waals surface area contributed by atoms with Gasteiger partial charge in [-0.2, -0.15) is 0 Å². The van der Waals surface area contributed by atoms with Gasteiger partial charge in [-0.25, -0.2) is 4.98 Å².